The van der Waals surface area contributed by atoms with Crippen molar-refractivity contribution in [2.45, 2.75) is 120 Å². The molecule has 2 aliphatic heterocycles. The Kier molecular flexibility index (Phi) is 30.3. The van der Waals surface area contributed by atoms with Crippen LogP contribution in [-0.2, 0) is 87.8 Å². The molecule has 14 heterocycles. The fourth-order valence-corrected chi connectivity index (χ4v) is 21.4. The molecule has 0 bridgehead atoms. The molecule has 128 heavy (non-hydrogen) atoms. The number of nitrogens with one attached hydrogen (secondary N) is 1. The average molecular weight is 2110 g/mol. The van der Waals surface area contributed by atoms with Crippen LogP contribution in [0, 0.1) is 27.7 Å². The number of H-pyrrole nitrogens is 1. The highest BCUT2D eigenvalue weighted by molar-refractivity contribution is 9.11. The molecule has 0 saturated carbocycles. The van der Waals surface area contributed by atoms with Gasteiger partial charge in [-0.15, -0.1) is 0 Å². The summed E-state index contributed by atoms with van der Waals surface area (Å²) in [5.41, 5.74) is 11.2. The molecule has 0 amide bonds. The summed E-state index contributed by atoms with van der Waals surface area (Å²) >= 11 is 9.37. The molecule has 15 aromatic rings. The lowest BCUT2D eigenvalue weighted by molar-refractivity contribution is 0.00578. The van der Waals surface area contributed by atoms with E-state index in [1.165, 1.54) is 67.4 Å². The standard InChI is InChI=1S/C20H23BN2O4S.C19H16N4O4S2.C14H11BrN2O2S.C13H12N4O2S.C5H5BrN2O2S.C5H11NO2S.C4H2BrClN2O2S/c1-14-13-16-17(21-26-19(2,3)20(4,5)27-21)11-12-22-18(16)23(14)28(24,25)15-9-7-6-8-10-15;1-13-10-17-16(18-21-11-15(12-22-18)28(2,24)25)8-9-20-19(17)23(13)29(26,27)14-6-4-3-5-7-14;1-10-9-12-13(15)7-8-16-14(12)17(10)20(18,19)11-5-3-2-4-6-11;1-8-5-11-10(3-4-14-13(11)17-8)12-15-6-9(7-16-12)20(2,18)19;1-11(9,10)4-2-7-5(6)8-3-4;6-5-1-3-9(7,8)4-2-5;5-4-7-1-3(2-8-4)11(6,9)10/h6-13H,1-5H3;3-12H,1-2H3;2-9H,1H3;3-7H,1-2H3,(H,14,17);2-3H,1H3;5H,1-4,6H2;1-2H. The van der Waals surface area contributed by atoms with Crippen LogP contribution >= 0.6 is 58.5 Å². The molecule has 0 atom stereocenters. The van der Waals surface area contributed by atoms with Crippen molar-refractivity contribution in [3.8, 4) is 22.8 Å². The van der Waals surface area contributed by atoms with Gasteiger partial charge in [-0.05, 0) is 206 Å². The number of nitrogens with zero attached hydrogens (tertiary/aromatic N) is 15. The Morgan fingerprint density at radius 2 is 0.750 bits per heavy atom. The van der Waals surface area contributed by atoms with Crippen molar-refractivity contribution in [3.63, 3.8) is 0 Å². The normalized spacial score (nSPS) is 14.5. The number of sulfone groups is 4. The minimum absolute atomic E-state index is 0.00644. The Labute approximate surface area is 769 Å². The number of pyridine rings is 4. The second kappa shape index (κ2) is 39.4. The van der Waals surface area contributed by atoms with E-state index in [2.05, 4.69) is 113 Å². The van der Waals surface area contributed by atoms with Gasteiger partial charge >= 0.3 is 7.12 Å². The van der Waals surface area contributed by atoms with Crippen molar-refractivity contribution in [1.82, 2.24) is 76.7 Å². The molecule has 3 aromatic carbocycles. The highest BCUT2D eigenvalue weighted by Crippen LogP contribution is 2.39. The molecule has 672 valence electrons. The first-order chi connectivity index (χ1) is 59.8. The smallest absolute Gasteiger partial charge is 0.399 e. The summed E-state index contributed by atoms with van der Waals surface area (Å²) in [6.07, 6.45) is 20.8. The average Bonchev–Trinajstić information content (AvgIpc) is 1.60. The maximum absolute atomic E-state index is 13.2. The molecule has 48 heteroatoms. The number of halogens is 4. The van der Waals surface area contributed by atoms with E-state index in [0.717, 1.165) is 68.8 Å². The number of aromatic amines is 1. The molecule has 35 nitrogen and oxygen atoms in total. The van der Waals surface area contributed by atoms with Gasteiger partial charge in [-0.25, -0.2) is 139 Å². The number of rotatable bonds is 13. The molecular formula is C80H80BBr3ClN17O18S8. The Morgan fingerprint density at radius 1 is 0.422 bits per heavy atom. The van der Waals surface area contributed by atoms with Gasteiger partial charge in [-0.3, -0.25) is 0 Å². The summed E-state index contributed by atoms with van der Waals surface area (Å²) in [5.74, 6) is 1.32. The van der Waals surface area contributed by atoms with Crippen LogP contribution in [0.1, 0.15) is 63.3 Å². The monoisotopic (exact) mass is 2110 g/mol. The molecule has 2 saturated heterocycles. The van der Waals surface area contributed by atoms with E-state index in [0.29, 0.717) is 72.8 Å². The summed E-state index contributed by atoms with van der Waals surface area (Å²) in [4.78, 5) is 52.1. The van der Waals surface area contributed by atoms with Crippen molar-refractivity contribution in [2.24, 2.45) is 5.73 Å². The zero-order valence-corrected chi connectivity index (χ0v) is 81.6. The molecular weight excluding hydrogens is 2030 g/mol. The molecule has 0 radical (unpaired) electrons. The first kappa shape index (κ1) is 98.6. The number of nitrogens with two attached hydrogens (primary N) is 1. The van der Waals surface area contributed by atoms with Crippen LogP contribution in [0.25, 0.3) is 66.9 Å². The largest absolute Gasteiger partial charge is 0.495 e. The van der Waals surface area contributed by atoms with Gasteiger partial charge in [0.1, 0.15) is 35.1 Å². The second-order valence-electron chi connectivity index (χ2n) is 29.6. The van der Waals surface area contributed by atoms with Crippen LogP contribution < -0.4 is 11.2 Å². The van der Waals surface area contributed by atoms with Crippen LogP contribution in [0.5, 0.6) is 0 Å². The summed E-state index contributed by atoms with van der Waals surface area (Å²) < 4.78 is 206. The van der Waals surface area contributed by atoms with Crippen LogP contribution in [0.2, 0.25) is 0 Å². The van der Waals surface area contributed by atoms with Gasteiger partial charge in [-0.1, -0.05) is 54.6 Å². The third kappa shape index (κ3) is 23.2. The summed E-state index contributed by atoms with van der Waals surface area (Å²) in [7, 11) is -23.1. The summed E-state index contributed by atoms with van der Waals surface area (Å²) in [6, 6.07) is 39.3. The minimum Gasteiger partial charge on any atom is -0.399 e. The molecule has 0 spiro atoms. The zero-order valence-electron chi connectivity index (χ0n) is 69.6. The van der Waals surface area contributed by atoms with Gasteiger partial charge in [0.25, 0.3) is 39.1 Å². The Hall–Kier alpha value is -9.99. The fraction of sp³-hybridized carbons (Fsp3) is 0.225. The fourth-order valence-electron chi connectivity index (χ4n) is 12.4. The van der Waals surface area contributed by atoms with E-state index in [9.17, 15) is 67.3 Å². The molecule has 0 unspecified atom stereocenters. The first-order valence-corrected chi connectivity index (χ1v) is 54.2. The Morgan fingerprint density at radius 3 is 1.13 bits per heavy atom. The van der Waals surface area contributed by atoms with Crippen LogP contribution in [0.15, 0.2) is 262 Å². The highest BCUT2D eigenvalue weighted by Gasteiger charge is 2.52. The maximum atomic E-state index is 13.2. The molecule has 17 rings (SSSR count). The summed E-state index contributed by atoms with van der Waals surface area (Å²) in [5, 5.41) is 2.95. The quantitative estimate of drug-likeness (QED) is 0.0615. The molecule has 12 aromatic heterocycles. The minimum atomic E-state index is -3.84. The topological polar surface area (TPSA) is 503 Å². The second-order valence-corrected chi connectivity index (χ2v) is 48.2. The van der Waals surface area contributed by atoms with E-state index >= 15 is 0 Å². The first-order valence-electron chi connectivity index (χ1n) is 37.7. The van der Waals surface area contributed by atoms with Crippen molar-refractivity contribution in [2.75, 3.05) is 30.3 Å². The van der Waals surface area contributed by atoms with E-state index in [1.54, 1.807) is 136 Å². The molecule has 3 N–H and O–H groups in total. The van der Waals surface area contributed by atoms with Crippen molar-refractivity contribution >= 4 is 194 Å². The lowest BCUT2D eigenvalue weighted by Crippen LogP contribution is -2.41. The van der Waals surface area contributed by atoms with E-state index in [4.69, 9.17) is 25.7 Å². The molecule has 0 aliphatic carbocycles. The van der Waals surface area contributed by atoms with Crippen molar-refractivity contribution < 1.29 is 76.7 Å². The van der Waals surface area contributed by atoms with Gasteiger partial charge in [0.15, 0.2) is 67.6 Å². The van der Waals surface area contributed by atoms with Crippen molar-refractivity contribution in [1.29, 1.82) is 0 Å². The third-order valence-electron chi connectivity index (χ3n) is 19.6. The highest BCUT2D eigenvalue weighted by atomic mass is 79.9. The lowest BCUT2D eigenvalue weighted by Gasteiger charge is -2.32. The van der Waals surface area contributed by atoms with Gasteiger partial charge in [0.05, 0.1) is 62.2 Å². The Bertz CT molecular complexity index is 7520. The van der Waals surface area contributed by atoms with Crippen molar-refractivity contribution in [3.05, 3.63) is 251 Å². The number of benzene rings is 3. The SMILES string of the molecule is CS(=O)(=O)c1cnc(Br)nc1.Cc1cc2c(-c3ncc(S(C)(=O)=O)cn3)ccnc2[nH]1.Cc1cc2c(-c3ncc(S(C)(=O)=O)cn3)ccnc2n1S(=O)(=O)c1ccccc1.Cc1cc2c(B3OC(C)(C)C(C)(C)O3)ccnc2n1S(=O)(=O)c1ccccc1.Cc1cc2c(Br)ccnc2n1S(=O)(=O)c1ccccc1.NC1CCS(=O)(=O)CC1.O=S(=O)(Cl)c1cnc(Br)nc1. The molecule has 2 aliphatic rings. The van der Waals surface area contributed by atoms with Crippen LogP contribution in [0.3, 0.4) is 0 Å². The number of hydrogen-bond donors (Lipinski definition) is 2. The Balaban J connectivity index is 0.000000150. The van der Waals surface area contributed by atoms with Crippen LogP contribution in [-0.4, -0.2) is 199 Å². The zero-order chi connectivity index (χ0) is 93.7. The number of aromatic nitrogens is 16. The van der Waals surface area contributed by atoms with Gasteiger partial charge in [-0.2, -0.15) is 0 Å². The predicted molar refractivity (Wildman–Crippen MR) is 494 cm³/mol. The van der Waals surface area contributed by atoms with Gasteiger partial charge in [0.2, 0.25) is 0 Å². The van der Waals surface area contributed by atoms with E-state index in [-0.39, 0.29) is 63.3 Å². The number of fused-ring (bicyclic) bond motifs is 4. The van der Waals surface area contributed by atoms with Crippen LogP contribution in [0.4, 0.5) is 0 Å². The van der Waals surface area contributed by atoms with E-state index < -0.39 is 96.8 Å². The lowest BCUT2D eigenvalue weighted by atomic mass is 9.78. The summed E-state index contributed by atoms with van der Waals surface area (Å²) in [6.45, 7) is 15.1. The maximum Gasteiger partial charge on any atom is 0.495 e. The van der Waals surface area contributed by atoms with Gasteiger partial charge < -0.3 is 20.0 Å². The van der Waals surface area contributed by atoms with E-state index in [1.807, 2.05) is 65.0 Å². The third-order valence-corrected chi connectivity index (χ3v) is 32.8. The van der Waals surface area contributed by atoms with Gasteiger partial charge in [0, 0.05) is 145 Å². The predicted octanol–water partition coefficient (Wildman–Crippen LogP) is 11.7. The molecule has 2 fully saturated rings. The number of aryl methyl sites for hydroxylation is 4. The number of hydrogen-bond acceptors (Lipinski definition) is 31.